The van der Waals surface area contributed by atoms with Crippen LogP contribution in [0, 0.1) is 5.92 Å². The SMILES string of the molecule is C.CN1CCc2nc(C(=O)N[C@@H]3C[C@@H](C(=O)N(C)C)CC[C@@H]3N)sc2C1. The Balaban J connectivity index is 0.00000243. The van der Waals surface area contributed by atoms with Crippen molar-refractivity contribution in [3.63, 3.8) is 0 Å². The molecule has 1 saturated carbocycles. The number of aromatic nitrogens is 1. The molecule has 2 heterocycles. The molecule has 1 aromatic heterocycles. The number of likely N-dealkylation sites (N-methyl/N-ethyl adjacent to an activating group) is 1. The van der Waals surface area contributed by atoms with Crippen LogP contribution in [-0.2, 0) is 17.8 Å². The molecule has 0 saturated heterocycles. The van der Waals surface area contributed by atoms with E-state index in [0.29, 0.717) is 11.4 Å². The minimum atomic E-state index is -0.182. The van der Waals surface area contributed by atoms with Gasteiger partial charge in [-0.25, -0.2) is 4.98 Å². The van der Waals surface area contributed by atoms with Crippen LogP contribution in [0.3, 0.4) is 0 Å². The normalized spacial score (nSPS) is 25.8. The van der Waals surface area contributed by atoms with Gasteiger partial charge in [0.1, 0.15) is 0 Å². The molecule has 1 aromatic rings. The lowest BCUT2D eigenvalue weighted by molar-refractivity contribution is -0.134. The van der Waals surface area contributed by atoms with Crippen LogP contribution in [0.2, 0.25) is 0 Å². The number of hydrogen-bond acceptors (Lipinski definition) is 6. The smallest absolute Gasteiger partial charge is 0.280 e. The molecule has 2 aliphatic rings. The number of hydrogen-bond donors (Lipinski definition) is 2. The van der Waals surface area contributed by atoms with Crippen LogP contribution >= 0.6 is 11.3 Å². The molecule has 0 unspecified atom stereocenters. The molecule has 0 bridgehead atoms. The number of thiazole rings is 1. The van der Waals surface area contributed by atoms with Gasteiger partial charge in [-0.05, 0) is 26.3 Å². The van der Waals surface area contributed by atoms with E-state index in [-0.39, 0.29) is 37.2 Å². The van der Waals surface area contributed by atoms with Crippen molar-refractivity contribution in [2.75, 3.05) is 27.7 Å². The highest BCUT2D eigenvalue weighted by Gasteiger charge is 2.34. The number of nitrogens with zero attached hydrogens (tertiary/aromatic N) is 3. The molecule has 3 rings (SSSR count). The molecule has 3 atom stereocenters. The fourth-order valence-electron chi connectivity index (χ4n) is 3.60. The number of carbonyl (C=O) groups is 2. The van der Waals surface area contributed by atoms with Crippen LogP contribution in [0.25, 0.3) is 0 Å². The molecule has 0 aromatic carbocycles. The van der Waals surface area contributed by atoms with Gasteiger partial charge in [-0.15, -0.1) is 11.3 Å². The first-order valence-electron chi connectivity index (χ1n) is 8.80. The molecular weight excluding hydrogens is 350 g/mol. The van der Waals surface area contributed by atoms with Crippen molar-refractivity contribution >= 4 is 23.2 Å². The predicted octanol–water partition coefficient (Wildman–Crippen LogP) is 1.08. The average molecular weight is 382 g/mol. The maximum absolute atomic E-state index is 12.6. The van der Waals surface area contributed by atoms with Crippen molar-refractivity contribution in [2.24, 2.45) is 11.7 Å². The van der Waals surface area contributed by atoms with Gasteiger partial charge in [0.2, 0.25) is 5.91 Å². The summed E-state index contributed by atoms with van der Waals surface area (Å²) in [5.74, 6) is -0.127. The zero-order valence-electron chi connectivity index (χ0n) is 15.1. The third-order valence-corrected chi connectivity index (χ3v) is 6.21. The van der Waals surface area contributed by atoms with Crippen molar-refractivity contribution in [3.05, 3.63) is 15.6 Å². The van der Waals surface area contributed by atoms with Gasteiger partial charge in [-0.2, -0.15) is 0 Å². The van der Waals surface area contributed by atoms with E-state index >= 15 is 0 Å². The van der Waals surface area contributed by atoms with Crippen molar-refractivity contribution in [1.82, 2.24) is 20.1 Å². The third-order valence-electron chi connectivity index (χ3n) is 5.13. The lowest BCUT2D eigenvalue weighted by Crippen LogP contribution is -2.52. The van der Waals surface area contributed by atoms with E-state index in [1.807, 2.05) is 0 Å². The summed E-state index contributed by atoms with van der Waals surface area (Å²) >= 11 is 1.47. The zero-order chi connectivity index (χ0) is 18.1. The monoisotopic (exact) mass is 381 g/mol. The van der Waals surface area contributed by atoms with Crippen LogP contribution in [0.4, 0.5) is 0 Å². The zero-order valence-corrected chi connectivity index (χ0v) is 15.9. The number of amides is 2. The van der Waals surface area contributed by atoms with Crippen molar-refractivity contribution in [1.29, 1.82) is 0 Å². The predicted molar refractivity (Wildman–Crippen MR) is 104 cm³/mol. The lowest BCUT2D eigenvalue weighted by atomic mass is 9.82. The van der Waals surface area contributed by atoms with Crippen LogP contribution in [-0.4, -0.2) is 66.4 Å². The highest BCUT2D eigenvalue weighted by Crippen LogP contribution is 2.27. The van der Waals surface area contributed by atoms with Crippen LogP contribution in [0.1, 0.15) is 47.1 Å². The van der Waals surface area contributed by atoms with Gasteiger partial charge >= 0.3 is 0 Å². The maximum Gasteiger partial charge on any atom is 0.280 e. The molecule has 0 radical (unpaired) electrons. The summed E-state index contributed by atoms with van der Waals surface area (Å²) in [4.78, 5) is 34.4. The molecule has 3 N–H and O–H groups in total. The van der Waals surface area contributed by atoms with Crippen molar-refractivity contribution in [2.45, 2.75) is 51.7 Å². The summed E-state index contributed by atoms with van der Waals surface area (Å²) in [6.07, 6.45) is 3.01. The van der Waals surface area contributed by atoms with Gasteiger partial charge in [-0.1, -0.05) is 7.43 Å². The molecule has 0 spiro atoms. The average Bonchev–Trinajstić information content (AvgIpc) is 2.99. The first-order valence-corrected chi connectivity index (χ1v) is 9.61. The molecule has 26 heavy (non-hydrogen) atoms. The van der Waals surface area contributed by atoms with Gasteiger partial charge < -0.3 is 20.9 Å². The molecule has 146 valence electrons. The topological polar surface area (TPSA) is 91.6 Å². The fraction of sp³-hybridized carbons (Fsp3) is 0.722. The fourth-order valence-corrected chi connectivity index (χ4v) is 4.69. The molecule has 2 amide bonds. The van der Waals surface area contributed by atoms with Crippen LogP contribution in [0.5, 0.6) is 0 Å². The minimum absolute atomic E-state index is 0. The first-order chi connectivity index (χ1) is 11.8. The van der Waals surface area contributed by atoms with E-state index in [4.69, 9.17) is 5.73 Å². The highest BCUT2D eigenvalue weighted by atomic mass is 32.1. The molecular formula is C18H31N5O2S. The largest absolute Gasteiger partial charge is 0.349 e. The number of nitrogens with two attached hydrogens (primary N) is 1. The van der Waals surface area contributed by atoms with E-state index in [1.54, 1.807) is 19.0 Å². The van der Waals surface area contributed by atoms with E-state index in [2.05, 4.69) is 22.2 Å². The Morgan fingerprint density at radius 1 is 1.35 bits per heavy atom. The first kappa shape index (κ1) is 20.8. The maximum atomic E-state index is 12.6. The van der Waals surface area contributed by atoms with Crippen LogP contribution < -0.4 is 11.1 Å². The Bertz CT molecular complexity index is 660. The molecule has 8 heteroatoms. The number of fused-ring (bicyclic) bond motifs is 1. The van der Waals surface area contributed by atoms with Crippen molar-refractivity contribution < 1.29 is 9.59 Å². The van der Waals surface area contributed by atoms with Crippen LogP contribution in [0.15, 0.2) is 0 Å². The minimum Gasteiger partial charge on any atom is -0.349 e. The van der Waals surface area contributed by atoms with Gasteiger partial charge in [0.05, 0.1) is 5.69 Å². The standard InChI is InChI=1S/C17H27N5O2S.CH4/c1-21(2)17(24)10-4-5-11(18)13(8-10)19-15(23)16-20-12-6-7-22(3)9-14(12)25-16;/h10-11,13H,4-9,18H2,1-3H3,(H,19,23);1H4/t10-,11-,13+;/m0./s1. The Kier molecular flexibility index (Phi) is 6.76. The lowest BCUT2D eigenvalue weighted by Gasteiger charge is -2.34. The van der Waals surface area contributed by atoms with E-state index in [9.17, 15) is 9.59 Å². The van der Waals surface area contributed by atoms with Gasteiger partial charge in [0.25, 0.3) is 5.91 Å². The van der Waals surface area contributed by atoms with E-state index < -0.39 is 0 Å². The number of nitrogens with one attached hydrogen (secondary N) is 1. The Labute approximate surface area is 159 Å². The van der Waals surface area contributed by atoms with Crippen molar-refractivity contribution in [3.8, 4) is 0 Å². The quantitative estimate of drug-likeness (QED) is 0.817. The summed E-state index contributed by atoms with van der Waals surface area (Å²) in [5.41, 5.74) is 7.24. The Hall–Kier alpha value is -1.51. The Morgan fingerprint density at radius 3 is 2.77 bits per heavy atom. The number of rotatable bonds is 3. The van der Waals surface area contributed by atoms with Gasteiger partial charge in [0, 0.05) is 56.5 Å². The summed E-state index contributed by atoms with van der Waals surface area (Å²) in [6.45, 7) is 1.82. The molecule has 7 nitrogen and oxygen atoms in total. The summed E-state index contributed by atoms with van der Waals surface area (Å²) < 4.78 is 0. The Morgan fingerprint density at radius 2 is 2.08 bits per heavy atom. The second-order valence-electron chi connectivity index (χ2n) is 7.36. The summed E-state index contributed by atoms with van der Waals surface area (Å²) in [5, 5.41) is 3.54. The van der Waals surface area contributed by atoms with E-state index in [0.717, 1.165) is 38.0 Å². The molecule has 1 aliphatic heterocycles. The number of carbonyl (C=O) groups excluding carboxylic acids is 2. The molecule has 1 fully saturated rings. The molecule has 1 aliphatic carbocycles. The van der Waals surface area contributed by atoms with Gasteiger partial charge in [-0.3, -0.25) is 9.59 Å². The van der Waals surface area contributed by atoms with E-state index in [1.165, 1.54) is 16.2 Å². The van der Waals surface area contributed by atoms with Gasteiger partial charge in [0.15, 0.2) is 5.01 Å². The second-order valence-corrected chi connectivity index (χ2v) is 8.45. The highest BCUT2D eigenvalue weighted by molar-refractivity contribution is 7.13. The summed E-state index contributed by atoms with van der Waals surface area (Å²) in [6, 6.07) is -0.297. The third kappa shape index (κ3) is 4.42. The second kappa shape index (κ2) is 8.45. The summed E-state index contributed by atoms with van der Waals surface area (Å²) in [7, 11) is 5.61.